The summed E-state index contributed by atoms with van der Waals surface area (Å²) in [5.41, 5.74) is 6.79. The number of ether oxygens (including phenoxy) is 2. The highest BCUT2D eigenvalue weighted by Gasteiger charge is 2.33. The molecule has 2 aliphatic heterocycles. The molecule has 0 amide bonds. The predicted octanol–water partition coefficient (Wildman–Crippen LogP) is 7.58. The van der Waals surface area contributed by atoms with Crippen molar-refractivity contribution in [2.24, 2.45) is 5.92 Å². The van der Waals surface area contributed by atoms with Gasteiger partial charge in [-0.1, -0.05) is 78.9 Å². The standard InChI is InChI=1S/C39H44N2O2/c1-3-7-29(8-4-1)28-43-36-16-18-38-33(25-36)13-17-37(31-9-5-2-6-10-31)39(38)32-11-14-35(15-12-32)42-24-21-30-26-41(27-30)34-19-22-40-23-20-34/h1-12,14-16,18,25,30,34,37,39-40H,13,17,19-24,26-28H2/t37-,39+/m1/s1. The van der Waals surface area contributed by atoms with Crippen molar-refractivity contribution in [3.63, 3.8) is 0 Å². The molecule has 222 valence electrons. The van der Waals surface area contributed by atoms with Crippen LogP contribution in [0.1, 0.15) is 65.3 Å². The normalized spacial score (nSPS) is 21.1. The highest BCUT2D eigenvalue weighted by atomic mass is 16.5. The average Bonchev–Trinajstić information content (AvgIpc) is 3.06. The number of fused-ring (bicyclic) bond motifs is 1. The Labute approximate surface area is 257 Å². The molecule has 3 aliphatic rings. The third-order valence-corrected chi connectivity index (χ3v) is 9.90. The molecule has 2 saturated heterocycles. The van der Waals surface area contributed by atoms with Crippen LogP contribution in [0.15, 0.2) is 103 Å². The monoisotopic (exact) mass is 572 g/mol. The molecule has 0 bridgehead atoms. The van der Waals surface area contributed by atoms with Gasteiger partial charge in [0.05, 0.1) is 6.61 Å². The number of nitrogens with one attached hydrogen (secondary N) is 1. The van der Waals surface area contributed by atoms with E-state index in [1.165, 1.54) is 66.8 Å². The highest BCUT2D eigenvalue weighted by Crippen LogP contribution is 2.47. The van der Waals surface area contributed by atoms with Crippen molar-refractivity contribution in [1.29, 1.82) is 0 Å². The van der Waals surface area contributed by atoms with Crippen LogP contribution in [0, 0.1) is 5.92 Å². The zero-order valence-corrected chi connectivity index (χ0v) is 25.2. The topological polar surface area (TPSA) is 33.7 Å². The van der Waals surface area contributed by atoms with E-state index in [9.17, 15) is 0 Å². The van der Waals surface area contributed by atoms with Gasteiger partial charge in [0.15, 0.2) is 0 Å². The first kappa shape index (κ1) is 28.2. The lowest BCUT2D eigenvalue weighted by Crippen LogP contribution is -2.55. The Balaban J connectivity index is 1.02. The van der Waals surface area contributed by atoms with E-state index >= 15 is 0 Å². The van der Waals surface area contributed by atoms with Gasteiger partial charge < -0.3 is 14.8 Å². The van der Waals surface area contributed by atoms with Crippen molar-refractivity contribution >= 4 is 0 Å². The number of piperidine rings is 1. The Morgan fingerprint density at radius 1 is 0.698 bits per heavy atom. The van der Waals surface area contributed by atoms with Crippen LogP contribution in [-0.4, -0.2) is 43.7 Å². The molecular weight excluding hydrogens is 528 g/mol. The molecule has 0 saturated carbocycles. The number of rotatable bonds is 10. The molecule has 0 aromatic heterocycles. The second-order valence-electron chi connectivity index (χ2n) is 12.7. The Bertz CT molecular complexity index is 1440. The number of hydrogen-bond acceptors (Lipinski definition) is 4. The van der Waals surface area contributed by atoms with Gasteiger partial charge in [0.2, 0.25) is 0 Å². The van der Waals surface area contributed by atoms with Crippen LogP contribution < -0.4 is 14.8 Å². The summed E-state index contributed by atoms with van der Waals surface area (Å²) < 4.78 is 12.5. The first-order chi connectivity index (χ1) is 21.3. The molecule has 2 heterocycles. The van der Waals surface area contributed by atoms with Crippen molar-refractivity contribution in [2.45, 2.75) is 56.6 Å². The summed E-state index contributed by atoms with van der Waals surface area (Å²) in [5.74, 6) is 3.46. The van der Waals surface area contributed by atoms with Crippen LogP contribution in [0.25, 0.3) is 0 Å². The van der Waals surface area contributed by atoms with Crippen molar-refractivity contribution < 1.29 is 9.47 Å². The van der Waals surface area contributed by atoms with Crippen LogP contribution in [0.2, 0.25) is 0 Å². The smallest absolute Gasteiger partial charge is 0.120 e. The fourth-order valence-electron chi connectivity index (χ4n) is 7.48. The van der Waals surface area contributed by atoms with Crippen LogP contribution in [-0.2, 0) is 13.0 Å². The fourth-order valence-corrected chi connectivity index (χ4v) is 7.48. The first-order valence-corrected chi connectivity index (χ1v) is 16.3. The number of hydrogen-bond donors (Lipinski definition) is 1. The number of likely N-dealkylation sites (tertiary alicyclic amines) is 1. The second-order valence-corrected chi connectivity index (χ2v) is 12.7. The van der Waals surface area contributed by atoms with Crippen LogP contribution in [0.4, 0.5) is 0 Å². The van der Waals surface area contributed by atoms with Crippen molar-refractivity contribution in [3.05, 3.63) is 131 Å². The molecule has 4 aromatic rings. The van der Waals surface area contributed by atoms with Gasteiger partial charge in [0.25, 0.3) is 0 Å². The van der Waals surface area contributed by atoms with E-state index < -0.39 is 0 Å². The van der Waals surface area contributed by atoms with Gasteiger partial charge >= 0.3 is 0 Å². The lowest BCUT2D eigenvalue weighted by Gasteiger charge is -2.46. The van der Waals surface area contributed by atoms with Gasteiger partial charge in [-0.25, -0.2) is 0 Å². The van der Waals surface area contributed by atoms with E-state index in [-0.39, 0.29) is 0 Å². The number of nitrogens with zero attached hydrogens (tertiary/aromatic N) is 1. The lowest BCUT2D eigenvalue weighted by atomic mass is 9.69. The van der Waals surface area contributed by atoms with Crippen molar-refractivity contribution in [1.82, 2.24) is 10.2 Å². The quantitative estimate of drug-likeness (QED) is 0.212. The maximum atomic E-state index is 6.25. The first-order valence-electron chi connectivity index (χ1n) is 16.3. The van der Waals surface area contributed by atoms with E-state index in [1.807, 2.05) is 6.07 Å². The second kappa shape index (κ2) is 13.4. The predicted molar refractivity (Wildman–Crippen MR) is 174 cm³/mol. The summed E-state index contributed by atoms with van der Waals surface area (Å²) in [5, 5.41) is 3.48. The Kier molecular flexibility index (Phi) is 8.76. The van der Waals surface area contributed by atoms with E-state index in [0.29, 0.717) is 18.4 Å². The van der Waals surface area contributed by atoms with E-state index in [4.69, 9.17) is 9.47 Å². The van der Waals surface area contributed by atoms with Crippen LogP contribution in [0.5, 0.6) is 11.5 Å². The molecule has 0 unspecified atom stereocenters. The molecule has 1 N–H and O–H groups in total. The molecule has 43 heavy (non-hydrogen) atoms. The fraction of sp³-hybridized carbons (Fsp3) is 0.385. The number of aryl methyl sites for hydroxylation is 1. The molecule has 4 aromatic carbocycles. The van der Waals surface area contributed by atoms with Gasteiger partial charge in [-0.3, -0.25) is 4.90 Å². The van der Waals surface area contributed by atoms with Gasteiger partial charge in [0.1, 0.15) is 18.1 Å². The Hall–Kier alpha value is -3.60. The van der Waals surface area contributed by atoms with Crippen LogP contribution in [0.3, 0.4) is 0 Å². The van der Waals surface area contributed by atoms with Crippen molar-refractivity contribution in [2.75, 3.05) is 32.8 Å². The Morgan fingerprint density at radius 2 is 1.42 bits per heavy atom. The molecule has 2 fully saturated rings. The minimum atomic E-state index is 0.305. The maximum absolute atomic E-state index is 6.25. The minimum Gasteiger partial charge on any atom is -0.494 e. The molecule has 1 aliphatic carbocycles. The summed E-state index contributed by atoms with van der Waals surface area (Å²) in [4.78, 5) is 2.68. The molecule has 0 radical (unpaired) electrons. The summed E-state index contributed by atoms with van der Waals surface area (Å²) >= 11 is 0. The van der Waals surface area contributed by atoms with Crippen molar-refractivity contribution in [3.8, 4) is 11.5 Å². The summed E-state index contributed by atoms with van der Waals surface area (Å²) in [6.07, 6.45) is 5.93. The molecular formula is C39H44N2O2. The molecule has 4 nitrogen and oxygen atoms in total. The largest absolute Gasteiger partial charge is 0.494 e. The van der Waals surface area contributed by atoms with Gasteiger partial charge in [0, 0.05) is 25.0 Å². The van der Waals surface area contributed by atoms with E-state index in [0.717, 1.165) is 49.3 Å². The van der Waals surface area contributed by atoms with E-state index in [2.05, 4.69) is 107 Å². The summed E-state index contributed by atoms with van der Waals surface area (Å²) in [6.45, 7) is 6.23. The zero-order valence-electron chi connectivity index (χ0n) is 25.2. The lowest BCUT2D eigenvalue weighted by molar-refractivity contribution is 0.0281. The zero-order chi connectivity index (χ0) is 28.8. The Morgan fingerprint density at radius 3 is 2.19 bits per heavy atom. The third-order valence-electron chi connectivity index (χ3n) is 9.90. The van der Waals surface area contributed by atoms with E-state index in [1.54, 1.807) is 0 Å². The minimum absolute atomic E-state index is 0.305. The molecule has 0 spiro atoms. The molecule has 2 atom stereocenters. The van der Waals surface area contributed by atoms with Gasteiger partial charge in [-0.2, -0.15) is 0 Å². The summed E-state index contributed by atoms with van der Waals surface area (Å²) in [7, 11) is 0. The third kappa shape index (κ3) is 6.66. The summed E-state index contributed by atoms with van der Waals surface area (Å²) in [6, 6.07) is 38.0. The van der Waals surface area contributed by atoms with Gasteiger partial charge in [-0.05, 0) is 109 Å². The molecule has 7 rings (SSSR count). The number of benzene rings is 4. The molecule has 4 heteroatoms. The highest BCUT2D eigenvalue weighted by molar-refractivity contribution is 5.48. The SMILES string of the molecule is c1ccc(COc2ccc3c(c2)CC[C@H](c2ccccc2)[C@@H]3c2ccc(OCCC3CN(C4CCNCC4)C3)cc2)cc1. The average molecular weight is 573 g/mol. The van der Waals surface area contributed by atoms with Gasteiger partial charge in [-0.15, -0.1) is 0 Å². The van der Waals surface area contributed by atoms with Crippen LogP contribution >= 0.6 is 0 Å². The maximum Gasteiger partial charge on any atom is 0.120 e.